The van der Waals surface area contributed by atoms with Crippen LogP contribution in [0.2, 0.25) is 0 Å². The van der Waals surface area contributed by atoms with Gasteiger partial charge in [0, 0.05) is 18.8 Å². The summed E-state index contributed by atoms with van der Waals surface area (Å²) in [7, 11) is 1.79. The summed E-state index contributed by atoms with van der Waals surface area (Å²) in [6, 6.07) is 9.96. The average molecular weight is 270 g/mol. The zero-order valence-electron chi connectivity index (χ0n) is 10.5. The van der Waals surface area contributed by atoms with E-state index in [0.717, 1.165) is 18.0 Å². The first-order valence-electron chi connectivity index (χ1n) is 5.64. The predicted molar refractivity (Wildman–Crippen MR) is 71.7 cm³/mol. The van der Waals surface area contributed by atoms with Crippen LogP contribution in [-0.4, -0.2) is 17.0 Å². The van der Waals surface area contributed by atoms with Crippen molar-refractivity contribution in [3.8, 4) is 17.7 Å². The third-order valence-electron chi connectivity index (χ3n) is 2.53. The minimum absolute atomic E-state index is 0.0110. The standard InChI is InChI=1S/C13H10N4O3/c1-15-10-2-4-12(5-3-10)20-13-9(7-14)6-11(8-16-13)17(18)19/h2-6,8,15H,1H3. The summed E-state index contributed by atoms with van der Waals surface area (Å²) < 4.78 is 5.45. The van der Waals surface area contributed by atoms with Crippen LogP contribution in [0.5, 0.6) is 11.6 Å². The van der Waals surface area contributed by atoms with Gasteiger partial charge < -0.3 is 10.1 Å². The molecule has 20 heavy (non-hydrogen) atoms. The second-order valence-corrected chi connectivity index (χ2v) is 3.79. The molecule has 0 atom stereocenters. The van der Waals surface area contributed by atoms with Gasteiger partial charge in [0.15, 0.2) is 0 Å². The largest absolute Gasteiger partial charge is 0.438 e. The van der Waals surface area contributed by atoms with Gasteiger partial charge in [0.25, 0.3) is 5.69 Å². The van der Waals surface area contributed by atoms with E-state index in [4.69, 9.17) is 10.00 Å². The number of benzene rings is 1. The number of nitrogens with one attached hydrogen (secondary N) is 1. The smallest absolute Gasteiger partial charge is 0.289 e. The fraction of sp³-hybridized carbons (Fsp3) is 0.0769. The highest BCUT2D eigenvalue weighted by Crippen LogP contribution is 2.26. The van der Waals surface area contributed by atoms with Crippen molar-refractivity contribution in [2.75, 3.05) is 12.4 Å². The lowest BCUT2D eigenvalue weighted by Gasteiger charge is -2.06. The molecule has 0 aliphatic heterocycles. The van der Waals surface area contributed by atoms with E-state index in [9.17, 15) is 10.1 Å². The normalized spacial score (nSPS) is 9.60. The van der Waals surface area contributed by atoms with Gasteiger partial charge in [0.2, 0.25) is 5.88 Å². The SMILES string of the molecule is CNc1ccc(Oc2ncc([N+](=O)[O-])cc2C#N)cc1. The number of hydrogen-bond donors (Lipinski definition) is 1. The number of nitrogens with zero attached hydrogens (tertiary/aromatic N) is 3. The maximum atomic E-state index is 10.6. The summed E-state index contributed by atoms with van der Waals surface area (Å²) in [4.78, 5) is 13.8. The topological polar surface area (TPSA) is 101 Å². The quantitative estimate of drug-likeness (QED) is 0.677. The van der Waals surface area contributed by atoms with Gasteiger partial charge in [0.05, 0.1) is 4.92 Å². The van der Waals surface area contributed by atoms with E-state index in [1.807, 2.05) is 6.07 Å². The number of hydrogen-bond acceptors (Lipinski definition) is 6. The molecular formula is C13H10N4O3. The summed E-state index contributed by atoms with van der Waals surface area (Å²) >= 11 is 0. The predicted octanol–water partition coefficient (Wildman–Crippen LogP) is 2.70. The van der Waals surface area contributed by atoms with Crippen molar-refractivity contribution in [2.45, 2.75) is 0 Å². The van der Waals surface area contributed by atoms with E-state index in [0.29, 0.717) is 5.75 Å². The molecule has 0 fully saturated rings. The minimum Gasteiger partial charge on any atom is -0.438 e. The molecule has 1 heterocycles. The van der Waals surface area contributed by atoms with Crippen LogP contribution in [0.1, 0.15) is 5.56 Å². The third-order valence-corrected chi connectivity index (χ3v) is 2.53. The Morgan fingerprint density at radius 2 is 2.10 bits per heavy atom. The van der Waals surface area contributed by atoms with Crippen LogP contribution in [-0.2, 0) is 0 Å². The van der Waals surface area contributed by atoms with E-state index < -0.39 is 4.92 Å². The molecule has 100 valence electrons. The molecule has 2 rings (SSSR count). The van der Waals surface area contributed by atoms with Crippen LogP contribution < -0.4 is 10.1 Å². The highest BCUT2D eigenvalue weighted by Gasteiger charge is 2.13. The second kappa shape index (κ2) is 5.67. The highest BCUT2D eigenvalue weighted by molar-refractivity contribution is 5.49. The van der Waals surface area contributed by atoms with Crippen molar-refractivity contribution in [3.63, 3.8) is 0 Å². The van der Waals surface area contributed by atoms with Gasteiger partial charge in [-0.05, 0) is 24.3 Å². The maximum absolute atomic E-state index is 10.6. The van der Waals surface area contributed by atoms with Gasteiger partial charge in [-0.3, -0.25) is 10.1 Å². The number of nitro groups is 1. The molecular weight excluding hydrogens is 260 g/mol. The Hall–Kier alpha value is -3.14. The van der Waals surface area contributed by atoms with E-state index in [-0.39, 0.29) is 17.1 Å². The Labute approximate surface area is 114 Å². The van der Waals surface area contributed by atoms with Crippen LogP contribution >= 0.6 is 0 Å². The fourth-order valence-electron chi connectivity index (χ4n) is 1.50. The summed E-state index contributed by atoms with van der Waals surface area (Å²) in [5.41, 5.74) is 0.672. The molecule has 0 aliphatic rings. The van der Waals surface area contributed by atoms with Gasteiger partial charge in [-0.2, -0.15) is 5.26 Å². The van der Waals surface area contributed by atoms with Gasteiger partial charge in [-0.15, -0.1) is 0 Å². The van der Waals surface area contributed by atoms with Crippen molar-refractivity contribution >= 4 is 11.4 Å². The molecule has 0 amide bonds. The summed E-state index contributed by atoms with van der Waals surface area (Å²) in [6.07, 6.45) is 1.05. The first-order valence-corrected chi connectivity index (χ1v) is 5.64. The van der Waals surface area contributed by atoms with Crippen molar-refractivity contribution in [1.82, 2.24) is 4.98 Å². The highest BCUT2D eigenvalue weighted by atomic mass is 16.6. The summed E-state index contributed by atoms with van der Waals surface area (Å²) in [6.45, 7) is 0. The first kappa shape index (κ1) is 13.3. The Morgan fingerprint density at radius 1 is 1.40 bits per heavy atom. The van der Waals surface area contributed by atoms with E-state index in [1.165, 1.54) is 0 Å². The maximum Gasteiger partial charge on any atom is 0.289 e. The number of rotatable bonds is 4. The Bertz CT molecular complexity index is 677. The number of ether oxygens (including phenoxy) is 1. The Balaban J connectivity index is 2.28. The fourth-order valence-corrected chi connectivity index (χ4v) is 1.50. The molecule has 1 aromatic heterocycles. The molecule has 0 unspecified atom stereocenters. The molecule has 0 saturated carbocycles. The second-order valence-electron chi connectivity index (χ2n) is 3.79. The molecule has 7 nitrogen and oxygen atoms in total. The molecule has 1 N–H and O–H groups in total. The molecule has 0 bridgehead atoms. The van der Waals surface area contributed by atoms with Crippen LogP contribution in [0.15, 0.2) is 36.5 Å². The van der Waals surface area contributed by atoms with Crippen LogP contribution in [0.3, 0.4) is 0 Å². The van der Waals surface area contributed by atoms with Crippen LogP contribution in [0.4, 0.5) is 11.4 Å². The number of anilines is 1. The lowest BCUT2D eigenvalue weighted by Crippen LogP contribution is -1.96. The minimum atomic E-state index is -0.612. The van der Waals surface area contributed by atoms with Crippen molar-refractivity contribution < 1.29 is 9.66 Å². The van der Waals surface area contributed by atoms with Crippen LogP contribution in [0.25, 0.3) is 0 Å². The monoisotopic (exact) mass is 270 g/mol. The van der Waals surface area contributed by atoms with Gasteiger partial charge in [-0.1, -0.05) is 0 Å². The number of nitriles is 1. The first-order chi connectivity index (χ1) is 9.63. The van der Waals surface area contributed by atoms with Crippen molar-refractivity contribution in [1.29, 1.82) is 5.26 Å². The summed E-state index contributed by atoms with van der Waals surface area (Å²) in [5.74, 6) is 0.525. The molecule has 1 aromatic carbocycles. The lowest BCUT2D eigenvalue weighted by atomic mass is 10.2. The third kappa shape index (κ3) is 2.81. The Kier molecular flexibility index (Phi) is 3.77. The van der Waals surface area contributed by atoms with E-state index in [2.05, 4.69) is 10.3 Å². The van der Waals surface area contributed by atoms with E-state index in [1.54, 1.807) is 31.3 Å². The average Bonchev–Trinajstić information content (AvgIpc) is 2.48. The molecule has 0 radical (unpaired) electrons. The molecule has 7 heteroatoms. The zero-order valence-corrected chi connectivity index (χ0v) is 10.5. The van der Waals surface area contributed by atoms with Crippen molar-refractivity contribution in [2.24, 2.45) is 0 Å². The molecule has 2 aromatic rings. The van der Waals surface area contributed by atoms with E-state index >= 15 is 0 Å². The Morgan fingerprint density at radius 3 is 2.65 bits per heavy atom. The van der Waals surface area contributed by atoms with Gasteiger partial charge >= 0.3 is 0 Å². The van der Waals surface area contributed by atoms with Gasteiger partial charge in [-0.25, -0.2) is 4.98 Å². The molecule has 0 saturated heterocycles. The zero-order chi connectivity index (χ0) is 14.5. The van der Waals surface area contributed by atoms with Gasteiger partial charge in [0.1, 0.15) is 23.6 Å². The van der Waals surface area contributed by atoms with Crippen LogP contribution in [0, 0.1) is 21.4 Å². The number of aromatic nitrogens is 1. The lowest BCUT2D eigenvalue weighted by molar-refractivity contribution is -0.385. The molecule has 0 aliphatic carbocycles. The number of pyridine rings is 1. The molecule has 0 spiro atoms. The summed E-state index contributed by atoms with van der Waals surface area (Å²) in [5, 5.41) is 22.6. The van der Waals surface area contributed by atoms with Crippen molar-refractivity contribution in [3.05, 3.63) is 52.2 Å².